The molecule has 0 radical (unpaired) electrons. The quantitative estimate of drug-likeness (QED) is 0.764. The summed E-state index contributed by atoms with van der Waals surface area (Å²) in [6, 6.07) is 14.3. The third-order valence-electron chi connectivity index (χ3n) is 3.98. The van der Waals surface area contributed by atoms with Crippen molar-refractivity contribution < 1.29 is 0 Å². The smallest absolute Gasteiger partial charge is 0.170 e. The van der Waals surface area contributed by atoms with Crippen molar-refractivity contribution in [2.75, 3.05) is 26.0 Å². The lowest BCUT2D eigenvalue weighted by molar-refractivity contribution is 0.299. The van der Waals surface area contributed by atoms with Crippen LogP contribution in [-0.4, -0.2) is 30.7 Å². The molecule has 1 atom stereocenters. The minimum Gasteiger partial charge on any atom is -0.361 e. The molecule has 0 aliphatic heterocycles. The molecular weight excluding hydrogens is 338 g/mol. The lowest BCUT2D eigenvalue weighted by atomic mass is 10.1. The number of benzene rings is 2. The predicted molar refractivity (Wildman–Crippen MR) is 108 cm³/mol. The molecule has 0 aromatic heterocycles. The van der Waals surface area contributed by atoms with Crippen LogP contribution in [0.4, 0.5) is 5.69 Å². The number of hydrogen-bond acceptors (Lipinski definition) is 2. The molecule has 0 heterocycles. The SMILES string of the molecule is Cc1ccc(C)c(NC(=S)NC[C@H](c2ccccc2Cl)N(C)C)c1. The van der Waals surface area contributed by atoms with Crippen molar-refractivity contribution >= 4 is 34.6 Å². The summed E-state index contributed by atoms with van der Waals surface area (Å²) in [6.45, 7) is 4.81. The van der Waals surface area contributed by atoms with Gasteiger partial charge in [0.1, 0.15) is 0 Å². The van der Waals surface area contributed by atoms with Crippen LogP contribution in [0.1, 0.15) is 22.7 Å². The van der Waals surface area contributed by atoms with E-state index in [0.29, 0.717) is 11.7 Å². The fourth-order valence-corrected chi connectivity index (χ4v) is 3.00. The van der Waals surface area contributed by atoms with Crippen LogP contribution in [0.2, 0.25) is 5.02 Å². The fourth-order valence-electron chi connectivity index (χ4n) is 2.54. The third kappa shape index (κ3) is 4.94. The van der Waals surface area contributed by atoms with E-state index in [2.05, 4.69) is 53.6 Å². The van der Waals surface area contributed by atoms with E-state index in [-0.39, 0.29) is 6.04 Å². The van der Waals surface area contributed by atoms with Crippen LogP contribution < -0.4 is 10.6 Å². The van der Waals surface area contributed by atoms with Gasteiger partial charge in [-0.15, -0.1) is 0 Å². The number of rotatable bonds is 5. The first-order chi connectivity index (χ1) is 11.4. The van der Waals surface area contributed by atoms with Gasteiger partial charge in [0.05, 0.1) is 6.04 Å². The average molecular weight is 362 g/mol. The minimum atomic E-state index is 0.136. The molecule has 0 unspecified atom stereocenters. The normalized spacial score (nSPS) is 12.1. The lowest BCUT2D eigenvalue weighted by Crippen LogP contribution is -2.37. The van der Waals surface area contributed by atoms with Gasteiger partial charge in [0, 0.05) is 17.3 Å². The largest absolute Gasteiger partial charge is 0.361 e. The van der Waals surface area contributed by atoms with Crippen LogP contribution in [0, 0.1) is 13.8 Å². The first kappa shape index (κ1) is 18.7. The Morgan fingerprint density at radius 3 is 2.54 bits per heavy atom. The number of thiocarbonyl (C=S) groups is 1. The van der Waals surface area contributed by atoms with E-state index in [9.17, 15) is 0 Å². The molecule has 128 valence electrons. The topological polar surface area (TPSA) is 27.3 Å². The molecule has 2 aromatic carbocycles. The second-order valence-electron chi connectivity index (χ2n) is 6.15. The summed E-state index contributed by atoms with van der Waals surface area (Å²) < 4.78 is 0. The Hall–Kier alpha value is -1.62. The van der Waals surface area contributed by atoms with Gasteiger partial charge in [0.25, 0.3) is 0 Å². The molecule has 0 bridgehead atoms. The summed E-state index contributed by atoms with van der Waals surface area (Å²) in [5, 5.41) is 7.97. The van der Waals surface area contributed by atoms with Crippen molar-refractivity contribution in [3.05, 3.63) is 64.2 Å². The van der Waals surface area contributed by atoms with Crippen molar-refractivity contribution in [2.24, 2.45) is 0 Å². The number of hydrogen-bond donors (Lipinski definition) is 2. The first-order valence-corrected chi connectivity index (χ1v) is 8.70. The number of anilines is 1. The number of nitrogens with zero attached hydrogens (tertiary/aromatic N) is 1. The Morgan fingerprint density at radius 2 is 1.88 bits per heavy atom. The molecule has 0 aliphatic carbocycles. The zero-order valence-electron chi connectivity index (χ0n) is 14.6. The summed E-state index contributed by atoms with van der Waals surface area (Å²) >= 11 is 11.8. The highest BCUT2D eigenvalue weighted by atomic mass is 35.5. The molecular formula is C19H24ClN3S. The molecule has 0 saturated heterocycles. The van der Waals surface area contributed by atoms with Crippen molar-refractivity contribution in [3.8, 4) is 0 Å². The Bertz CT molecular complexity index is 716. The standard InChI is InChI=1S/C19H24ClN3S/c1-13-9-10-14(2)17(11-13)22-19(24)21-12-18(23(3)4)15-7-5-6-8-16(15)20/h5-11,18H,12H2,1-4H3,(H2,21,22,24)/t18-/m1/s1. The molecule has 0 spiro atoms. The number of likely N-dealkylation sites (N-methyl/N-ethyl adjacent to an activating group) is 1. The molecule has 5 heteroatoms. The molecule has 0 fully saturated rings. The van der Waals surface area contributed by atoms with Gasteiger partial charge in [-0.05, 0) is 69.0 Å². The molecule has 3 nitrogen and oxygen atoms in total. The van der Waals surface area contributed by atoms with Gasteiger partial charge in [0.2, 0.25) is 0 Å². The summed E-state index contributed by atoms with van der Waals surface area (Å²) in [4.78, 5) is 2.13. The van der Waals surface area contributed by atoms with E-state index in [0.717, 1.165) is 16.3 Å². The number of aryl methyl sites for hydroxylation is 2. The Labute approximate surface area is 155 Å². The van der Waals surface area contributed by atoms with Crippen LogP contribution in [0.25, 0.3) is 0 Å². The summed E-state index contributed by atoms with van der Waals surface area (Å²) in [6.07, 6.45) is 0. The average Bonchev–Trinajstić information content (AvgIpc) is 2.52. The van der Waals surface area contributed by atoms with E-state index >= 15 is 0 Å². The van der Waals surface area contributed by atoms with Crippen molar-refractivity contribution in [1.29, 1.82) is 0 Å². The molecule has 2 aromatic rings. The second kappa shape index (κ2) is 8.47. The first-order valence-electron chi connectivity index (χ1n) is 7.91. The van der Waals surface area contributed by atoms with Gasteiger partial charge in [-0.3, -0.25) is 0 Å². The Kier molecular flexibility index (Phi) is 6.60. The molecule has 24 heavy (non-hydrogen) atoms. The maximum Gasteiger partial charge on any atom is 0.170 e. The summed E-state index contributed by atoms with van der Waals surface area (Å²) in [5.41, 5.74) is 4.49. The van der Waals surface area contributed by atoms with E-state index in [1.54, 1.807) is 0 Å². The zero-order chi connectivity index (χ0) is 17.7. The van der Waals surface area contributed by atoms with Crippen LogP contribution in [0.3, 0.4) is 0 Å². The third-order valence-corrected chi connectivity index (χ3v) is 4.58. The highest BCUT2D eigenvalue weighted by molar-refractivity contribution is 7.80. The Balaban J connectivity index is 2.03. The highest BCUT2D eigenvalue weighted by Gasteiger charge is 2.17. The molecule has 0 amide bonds. The fraction of sp³-hybridized carbons (Fsp3) is 0.316. The van der Waals surface area contributed by atoms with Gasteiger partial charge < -0.3 is 15.5 Å². The maximum absolute atomic E-state index is 6.34. The van der Waals surface area contributed by atoms with Gasteiger partial charge in [-0.1, -0.05) is 41.9 Å². The van der Waals surface area contributed by atoms with Crippen LogP contribution in [-0.2, 0) is 0 Å². The van der Waals surface area contributed by atoms with Gasteiger partial charge in [0.15, 0.2) is 5.11 Å². The van der Waals surface area contributed by atoms with E-state index in [4.69, 9.17) is 23.8 Å². The number of halogens is 1. The molecule has 2 N–H and O–H groups in total. The van der Waals surface area contributed by atoms with Gasteiger partial charge >= 0.3 is 0 Å². The van der Waals surface area contributed by atoms with Gasteiger partial charge in [-0.25, -0.2) is 0 Å². The maximum atomic E-state index is 6.34. The van der Waals surface area contributed by atoms with E-state index < -0.39 is 0 Å². The number of nitrogens with one attached hydrogen (secondary N) is 2. The molecule has 0 aliphatic rings. The van der Waals surface area contributed by atoms with E-state index in [1.165, 1.54) is 11.1 Å². The summed E-state index contributed by atoms with van der Waals surface area (Å²) in [7, 11) is 4.08. The zero-order valence-corrected chi connectivity index (χ0v) is 16.1. The van der Waals surface area contributed by atoms with Crippen molar-refractivity contribution in [2.45, 2.75) is 19.9 Å². The molecule has 2 rings (SSSR count). The monoisotopic (exact) mass is 361 g/mol. The van der Waals surface area contributed by atoms with Crippen LogP contribution in [0.15, 0.2) is 42.5 Å². The van der Waals surface area contributed by atoms with Crippen LogP contribution >= 0.6 is 23.8 Å². The van der Waals surface area contributed by atoms with Crippen molar-refractivity contribution in [3.63, 3.8) is 0 Å². The Morgan fingerprint density at radius 1 is 1.17 bits per heavy atom. The molecule has 0 saturated carbocycles. The highest BCUT2D eigenvalue weighted by Crippen LogP contribution is 2.25. The van der Waals surface area contributed by atoms with Crippen molar-refractivity contribution in [1.82, 2.24) is 10.2 Å². The van der Waals surface area contributed by atoms with Gasteiger partial charge in [-0.2, -0.15) is 0 Å². The summed E-state index contributed by atoms with van der Waals surface area (Å²) in [5.74, 6) is 0. The predicted octanol–water partition coefficient (Wildman–Crippen LogP) is 4.55. The van der Waals surface area contributed by atoms with E-state index in [1.807, 2.05) is 32.3 Å². The van der Waals surface area contributed by atoms with Crippen LogP contribution in [0.5, 0.6) is 0 Å². The minimum absolute atomic E-state index is 0.136. The lowest BCUT2D eigenvalue weighted by Gasteiger charge is -2.26. The second-order valence-corrected chi connectivity index (χ2v) is 6.97.